The molecule has 0 aliphatic carbocycles. The molecular formula is C18H16Cl2N4O2. The summed E-state index contributed by atoms with van der Waals surface area (Å²) in [6, 6.07) is 10.4. The number of hydrogen-bond acceptors (Lipinski definition) is 5. The van der Waals surface area contributed by atoms with Crippen molar-refractivity contribution in [2.24, 2.45) is 0 Å². The fourth-order valence-corrected chi connectivity index (χ4v) is 2.83. The first-order valence-corrected chi connectivity index (χ1v) is 8.65. The van der Waals surface area contributed by atoms with E-state index in [0.29, 0.717) is 46.0 Å². The number of rotatable bonds is 6. The van der Waals surface area contributed by atoms with Crippen LogP contribution in [0.5, 0.6) is 0 Å². The van der Waals surface area contributed by atoms with Gasteiger partial charge in [0.2, 0.25) is 0 Å². The van der Waals surface area contributed by atoms with E-state index in [1.807, 2.05) is 6.07 Å². The molecule has 0 fully saturated rings. The van der Waals surface area contributed by atoms with Gasteiger partial charge in [0.15, 0.2) is 5.82 Å². The van der Waals surface area contributed by atoms with Gasteiger partial charge in [-0.25, -0.2) is 4.98 Å². The molecule has 1 amide bonds. The van der Waals surface area contributed by atoms with E-state index >= 15 is 0 Å². The van der Waals surface area contributed by atoms with Crippen LogP contribution in [-0.4, -0.2) is 22.6 Å². The van der Waals surface area contributed by atoms with E-state index in [1.54, 1.807) is 43.5 Å². The van der Waals surface area contributed by atoms with Crippen LogP contribution >= 0.6 is 23.2 Å². The zero-order valence-corrected chi connectivity index (χ0v) is 15.4. The molecule has 3 aromatic rings. The lowest BCUT2D eigenvalue weighted by atomic mass is 10.1. The molecule has 0 aliphatic heterocycles. The Kier molecular flexibility index (Phi) is 5.75. The number of nitrogens with zero attached hydrogens (tertiary/aromatic N) is 2. The summed E-state index contributed by atoms with van der Waals surface area (Å²) in [5.41, 5.74) is 1.45. The van der Waals surface area contributed by atoms with Gasteiger partial charge in [0.1, 0.15) is 11.6 Å². The number of carbonyl (C=O) groups excluding carboxylic acids is 1. The molecule has 26 heavy (non-hydrogen) atoms. The van der Waals surface area contributed by atoms with Crippen LogP contribution in [0, 0.1) is 6.92 Å². The maximum absolute atomic E-state index is 12.3. The minimum atomic E-state index is -0.288. The third kappa shape index (κ3) is 4.74. The average Bonchev–Trinajstić information content (AvgIpc) is 3.02. The minimum absolute atomic E-state index is 0.288. The Morgan fingerprint density at radius 2 is 2.00 bits per heavy atom. The lowest BCUT2D eigenvalue weighted by Gasteiger charge is -2.08. The highest BCUT2D eigenvalue weighted by Gasteiger charge is 2.10. The molecule has 134 valence electrons. The summed E-state index contributed by atoms with van der Waals surface area (Å²) in [7, 11) is 0. The first kappa shape index (κ1) is 18.2. The molecule has 0 unspecified atom stereocenters. The molecule has 2 N–H and O–H groups in total. The van der Waals surface area contributed by atoms with E-state index in [9.17, 15) is 4.79 Å². The standard InChI is InChI=1S/C18H16Cl2N4O2/c1-11-8-17(24-26-11)23-18(25)13-5-7-22-16(9-13)21-6-4-12-2-3-14(19)10-15(12)20/h2-3,5,7-10H,4,6H2,1H3,(H,21,22)(H,23,24,25). The summed E-state index contributed by atoms with van der Waals surface area (Å²) in [6.45, 7) is 2.37. The van der Waals surface area contributed by atoms with Gasteiger partial charge >= 0.3 is 0 Å². The Hall–Kier alpha value is -2.57. The quantitative estimate of drug-likeness (QED) is 0.643. The van der Waals surface area contributed by atoms with Crippen molar-refractivity contribution in [3.63, 3.8) is 0 Å². The average molecular weight is 391 g/mol. The predicted molar refractivity (Wildman–Crippen MR) is 102 cm³/mol. The third-order valence-corrected chi connectivity index (χ3v) is 4.19. The van der Waals surface area contributed by atoms with Crippen molar-refractivity contribution in [3.05, 3.63) is 69.5 Å². The number of amides is 1. The number of carbonyl (C=O) groups is 1. The molecule has 8 heteroatoms. The van der Waals surface area contributed by atoms with Crippen LogP contribution in [0.1, 0.15) is 21.7 Å². The van der Waals surface area contributed by atoms with Crippen LogP contribution < -0.4 is 10.6 Å². The third-order valence-electron chi connectivity index (χ3n) is 3.61. The number of nitrogens with one attached hydrogen (secondary N) is 2. The number of aryl methyl sites for hydroxylation is 1. The van der Waals surface area contributed by atoms with E-state index in [0.717, 1.165) is 5.56 Å². The van der Waals surface area contributed by atoms with Crippen molar-refractivity contribution in [2.75, 3.05) is 17.2 Å². The van der Waals surface area contributed by atoms with Gasteiger partial charge in [-0.3, -0.25) is 4.79 Å². The molecule has 0 spiro atoms. The van der Waals surface area contributed by atoms with Crippen molar-refractivity contribution in [2.45, 2.75) is 13.3 Å². The Balaban J connectivity index is 1.59. The van der Waals surface area contributed by atoms with E-state index in [2.05, 4.69) is 20.8 Å². The second-order valence-electron chi connectivity index (χ2n) is 5.62. The Morgan fingerprint density at radius 3 is 2.73 bits per heavy atom. The minimum Gasteiger partial charge on any atom is -0.370 e. The molecule has 0 radical (unpaired) electrons. The highest BCUT2D eigenvalue weighted by Crippen LogP contribution is 2.21. The summed E-state index contributed by atoms with van der Waals surface area (Å²) in [5, 5.41) is 10.8. The van der Waals surface area contributed by atoms with Gasteiger partial charge < -0.3 is 15.2 Å². The summed E-state index contributed by atoms with van der Waals surface area (Å²) in [4.78, 5) is 16.5. The van der Waals surface area contributed by atoms with Crippen molar-refractivity contribution in [3.8, 4) is 0 Å². The predicted octanol–water partition coefficient (Wildman–Crippen LogP) is 4.59. The zero-order chi connectivity index (χ0) is 18.5. The SMILES string of the molecule is Cc1cc(NC(=O)c2ccnc(NCCc3ccc(Cl)cc3Cl)c2)no1. The largest absolute Gasteiger partial charge is 0.370 e. The van der Waals surface area contributed by atoms with Crippen molar-refractivity contribution in [1.29, 1.82) is 0 Å². The highest BCUT2D eigenvalue weighted by atomic mass is 35.5. The molecule has 2 heterocycles. The summed E-state index contributed by atoms with van der Waals surface area (Å²) < 4.78 is 4.93. The van der Waals surface area contributed by atoms with E-state index in [-0.39, 0.29) is 5.91 Å². The zero-order valence-electron chi connectivity index (χ0n) is 13.9. The number of aromatic nitrogens is 2. The lowest BCUT2D eigenvalue weighted by Crippen LogP contribution is -2.13. The fraction of sp³-hybridized carbons (Fsp3) is 0.167. The van der Waals surface area contributed by atoms with Crippen LogP contribution in [0.3, 0.4) is 0 Å². The number of hydrogen-bond donors (Lipinski definition) is 2. The number of pyridine rings is 1. The van der Waals surface area contributed by atoms with Gasteiger partial charge in [0.25, 0.3) is 5.91 Å². The number of halogens is 2. The van der Waals surface area contributed by atoms with Crippen LogP contribution in [0.15, 0.2) is 47.1 Å². The van der Waals surface area contributed by atoms with Crippen molar-refractivity contribution in [1.82, 2.24) is 10.1 Å². The van der Waals surface area contributed by atoms with Crippen LogP contribution in [0.2, 0.25) is 10.0 Å². The highest BCUT2D eigenvalue weighted by molar-refractivity contribution is 6.35. The lowest BCUT2D eigenvalue weighted by molar-refractivity contribution is 0.102. The van der Waals surface area contributed by atoms with Crippen molar-refractivity contribution >= 4 is 40.7 Å². The molecule has 0 saturated heterocycles. The molecule has 0 atom stereocenters. The molecule has 0 saturated carbocycles. The summed E-state index contributed by atoms with van der Waals surface area (Å²) in [6.07, 6.45) is 2.27. The first-order chi connectivity index (χ1) is 12.5. The Morgan fingerprint density at radius 1 is 1.15 bits per heavy atom. The van der Waals surface area contributed by atoms with Gasteiger partial charge in [-0.15, -0.1) is 0 Å². The topological polar surface area (TPSA) is 80.0 Å². The van der Waals surface area contributed by atoms with Gasteiger partial charge in [-0.2, -0.15) is 0 Å². The Labute approximate surface area is 160 Å². The van der Waals surface area contributed by atoms with E-state index in [4.69, 9.17) is 27.7 Å². The molecule has 3 rings (SSSR count). The smallest absolute Gasteiger partial charge is 0.257 e. The molecule has 0 bridgehead atoms. The monoisotopic (exact) mass is 390 g/mol. The van der Waals surface area contributed by atoms with Crippen molar-refractivity contribution < 1.29 is 9.32 Å². The molecular weight excluding hydrogens is 375 g/mol. The fourth-order valence-electron chi connectivity index (χ4n) is 2.33. The summed E-state index contributed by atoms with van der Waals surface area (Å²) in [5.74, 6) is 1.30. The molecule has 2 aromatic heterocycles. The van der Waals surface area contributed by atoms with Gasteiger partial charge in [-0.05, 0) is 43.2 Å². The van der Waals surface area contributed by atoms with Crippen LogP contribution in [0.4, 0.5) is 11.6 Å². The van der Waals surface area contributed by atoms with E-state index < -0.39 is 0 Å². The maximum Gasteiger partial charge on any atom is 0.257 e. The molecule has 6 nitrogen and oxygen atoms in total. The second-order valence-corrected chi connectivity index (χ2v) is 6.46. The van der Waals surface area contributed by atoms with Gasteiger partial charge in [-0.1, -0.05) is 34.4 Å². The molecule has 1 aromatic carbocycles. The maximum atomic E-state index is 12.3. The summed E-state index contributed by atoms with van der Waals surface area (Å²) >= 11 is 12.1. The van der Waals surface area contributed by atoms with Crippen LogP contribution in [-0.2, 0) is 6.42 Å². The van der Waals surface area contributed by atoms with Gasteiger partial charge in [0, 0.05) is 34.4 Å². The Bertz CT molecular complexity index is 927. The van der Waals surface area contributed by atoms with Gasteiger partial charge in [0.05, 0.1) is 0 Å². The first-order valence-electron chi connectivity index (χ1n) is 7.90. The number of anilines is 2. The normalized spacial score (nSPS) is 10.6. The second kappa shape index (κ2) is 8.21. The molecule has 0 aliphatic rings. The number of benzene rings is 1. The van der Waals surface area contributed by atoms with E-state index in [1.165, 1.54) is 0 Å². The van der Waals surface area contributed by atoms with Crippen LogP contribution in [0.25, 0.3) is 0 Å².